The Bertz CT molecular complexity index is 553. The number of carbonyl (C=O) groups is 1. The molecule has 2 atom stereocenters. The molecule has 1 fully saturated rings. The van der Waals surface area contributed by atoms with Gasteiger partial charge in [-0.05, 0) is 24.5 Å². The van der Waals surface area contributed by atoms with Crippen LogP contribution in [0, 0.1) is 5.92 Å². The van der Waals surface area contributed by atoms with Gasteiger partial charge in [0.15, 0.2) is 0 Å². The zero-order valence-electron chi connectivity index (χ0n) is 12.6. The topological polar surface area (TPSA) is 41.1 Å². The molecule has 3 nitrogen and oxygen atoms in total. The first kappa shape index (κ1) is 15.9. The van der Waals surface area contributed by atoms with Gasteiger partial charge in [0.05, 0.1) is 6.04 Å². The molecule has 0 spiro atoms. The number of nitrogens with one attached hydrogen (secondary N) is 2. The van der Waals surface area contributed by atoms with Crippen LogP contribution in [0.4, 0.5) is 0 Å². The van der Waals surface area contributed by atoms with E-state index in [2.05, 4.69) is 61.6 Å². The van der Waals surface area contributed by atoms with Crippen molar-refractivity contribution >= 4 is 23.7 Å². The summed E-state index contributed by atoms with van der Waals surface area (Å²) in [4.78, 5) is 12.6. The Hall–Kier alpha value is -1.52. The van der Waals surface area contributed by atoms with Crippen molar-refractivity contribution in [3.8, 4) is 0 Å². The fraction of sp³-hybridized carbons (Fsp3) is 0.353. The molecule has 0 aromatic heterocycles. The fourth-order valence-corrected chi connectivity index (χ4v) is 3.31. The van der Waals surface area contributed by atoms with Crippen LogP contribution < -0.4 is 10.9 Å². The van der Waals surface area contributed by atoms with Crippen molar-refractivity contribution in [3.05, 3.63) is 48.1 Å². The Balaban J connectivity index is 2.18. The highest BCUT2D eigenvalue weighted by atomic mass is 32.2. The molecule has 1 aromatic rings. The van der Waals surface area contributed by atoms with E-state index in [-0.39, 0.29) is 11.9 Å². The zero-order chi connectivity index (χ0) is 15.2. The van der Waals surface area contributed by atoms with Gasteiger partial charge in [-0.15, -0.1) is 18.3 Å². The van der Waals surface area contributed by atoms with Gasteiger partial charge in [-0.3, -0.25) is 10.2 Å². The lowest BCUT2D eigenvalue weighted by molar-refractivity contribution is -0.125. The number of amides is 1. The summed E-state index contributed by atoms with van der Waals surface area (Å²) in [6.07, 6.45) is 4.69. The minimum absolute atomic E-state index is 0.0634. The number of hydrazine groups is 1. The SMILES string of the molecule is C=CCSc1ccccc1/C=C(\C)C1NNC(=O)CC1C. The maximum absolute atomic E-state index is 11.4. The number of thioether (sulfide) groups is 1. The van der Waals surface area contributed by atoms with Gasteiger partial charge in [-0.2, -0.15) is 0 Å². The van der Waals surface area contributed by atoms with Crippen LogP contribution in [0.1, 0.15) is 25.8 Å². The van der Waals surface area contributed by atoms with Crippen molar-refractivity contribution in [2.75, 3.05) is 5.75 Å². The molecule has 0 saturated carbocycles. The number of benzene rings is 1. The first-order valence-corrected chi connectivity index (χ1v) is 8.15. The summed E-state index contributed by atoms with van der Waals surface area (Å²) in [6, 6.07) is 8.55. The van der Waals surface area contributed by atoms with Gasteiger partial charge in [0.1, 0.15) is 0 Å². The van der Waals surface area contributed by atoms with Crippen molar-refractivity contribution in [3.63, 3.8) is 0 Å². The van der Waals surface area contributed by atoms with Crippen LogP contribution in [0.3, 0.4) is 0 Å². The molecular formula is C17H22N2OS. The lowest BCUT2D eigenvalue weighted by Gasteiger charge is -2.30. The lowest BCUT2D eigenvalue weighted by Crippen LogP contribution is -2.53. The molecule has 1 saturated heterocycles. The first-order chi connectivity index (χ1) is 10.1. The van der Waals surface area contributed by atoms with Crippen molar-refractivity contribution in [2.45, 2.75) is 31.2 Å². The van der Waals surface area contributed by atoms with Crippen molar-refractivity contribution in [1.82, 2.24) is 10.9 Å². The molecular weight excluding hydrogens is 280 g/mol. The quantitative estimate of drug-likeness (QED) is 0.647. The van der Waals surface area contributed by atoms with E-state index in [0.717, 1.165) is 5.75 Å². The summed E-state index contributed by atoms with van der Waals surface area (Å²) in [7, 11) is 0. The lowest BCUT2D eigenvalue weighted by atomic mass is 9.90. The summed E-state index contributed by atoms with van der Waals surface area (Å²) in [5.74, 6) is 1.26. The molecule has 2 N–H and O–H groups in total. The molecule has 112 valence electrons. The standard InChI is InChI=1S/C17H22N2OS/c1-4-9-21-15-8-6-5-7-14(15)10-12(2)17-13(3)11-16(20)18-19-17/h4-8,10,13,17,19H,1,9,11H2,2-3H3,(H,18,20)/b12-10+. The third-order valence-corrected chi connectivity index (χ3v) is 4.68. The van der Waals surface area contributed by atoms with Crippen LogP contribution >= 0.6 is 11.8 Å². The van der Waals surface area contributed by atoms with E-state index in [1.807, 2.05) is 6.08 Å². The largest absolute Gasteiger partial charge is 0.291 e. The molecule has 4 heteroatoms. The van der Waals surface area contributed by atoms with E-state index < -0.39 is 0 Å². The van der Waals surface area contributed by atoms with Gasteiger partial charge in [0, 0.05) is 17.1 Å². The Labute approximate surface area is 130 Å². The Morgan fingerprint density at radius 3 is 2.95 bits per heavy atom. The molecule has 1 aliphatic rings. The molecule has 0 bridgehead atoms. The highest BCUT2D eigenvalue weighted by Gasteiger charge is 2.26. The van der Waals surface area contributed by atoms with Crippen LogP contribution in [-0.4, -0.2) is 17.7 Å². The summed E-state index contributed by atoms with van der Waals surface area (Å²) in [5, 5.41) is 0. The Morgan fingerprint density at radius 2 is 2.24 bits per heavy atom. The smallest absolute Gasteiger partial charge is 0.234 e. The summed E-state index contributed by atoms with van der Waals surface area (Å²) < 4.78 is 0. The van der Waals surface area contributed by atoms with E-state index in [4.69, 9.17) is 0 Å². The van der Waals surface area contributed by atoms with E-state index in [1.54, 1.807) is 11.8 Å². The highest BCUT2D eigenvalue weighted by Crippen LogP contribution is 2.27. The second-order valence-electron chi connectivity index (χ2n) is 5.38. The van der Waals surface area contributed by atoms with E-state index in [9.17, 15) is 4.79 Å². The number of rotatable bonds is 5. The van der Waals surface area contributed by atoms with Crippen molar-refractivity contribution < 1.29 is 4.79 Å². The fourth-order valence-electron chi connectivity index (χ4n) is 2.54. The monoisotopic (exact) mass is 302 g/mol. The average Bonchev–Trinajstić information content (AvgIpc) is 2.46. The molecule has 1 amide bonds. The molecule has 0 radical (unpaired) electrons. The van der Waals surface area contributed by atoms with E-state index in [1.165, 1.54) is 16.0 Å². The second-order valence-corrected chi connectivity index (χ2v) is 6.44. The minimum Gasteiger partial charge on any atom is -0.291 e. The predicted octanol–water partition coefficient (Wildman–Crippen LogP) is 3.40. The van der Waals surface area contributed by atoms with Crippen LogP contribution in [0.15, 0.2) is 47.4 Å². The number of hydrogen-bond acceptors (Lipinski definition) is 3. The van der Waals surface area contributed by atoms with E-state index >= 15 is 0 Å². The molecule has 0 aliphatic carbocycles. The van der Waals surface area contributed by atoms with Crippen LogP contribution in [-0.2, 0) is 4.79 Å². The van der Waals surface area contributed by atoms with Crippen LogP contribution in [0.2, 0.25) is 0 Å². The third-order valence-electron chi connectivity index (χ3n) is 3.59. The summed E-state index contributed by atoms with van der Waals surface area (Å²) in [5.41, 5.74) is 8.29. The molecule has 1 heterocycles. The van der Waals surface area contributed by atoms with Gasteiger partial charge in [-0.25, -0.2) is 5.43 Å². The molecule has 1 aromatic carbocycles. The molecule has 1 aliphatic heterocycles. The highest BCUT2D eigenvalue weighted by molar-refractivity contribution is 7.99. The van der Waals surface area contributed by atoms with E-state index in [0.29, 0.717) is 12.3 Å². The minimum atomic E-state index is 0.0634. The van der Waals surface area contributed by atoms with Gasteiger partial charge in [0.2, 0.25) is 5.91 Å². The first-order valence-electron chi connectivity index (χ1n) is 7.17. The Kier molecular flexibility index (Phi) is 5.65. The van der Waals surface area contributed by atoms with Gasteiger partial charge < -0.3 is 0 Å². The van der Waals surface area contributed by atoms with Gasteiger partial charge in [0.25, 0.3) is 0 Å². The van der Waals surface area contributed by atoms with Gasteiger partial charge >= 0.3 is 0 Å². The average molecular weight is 302 g/mol. The third kappa shape index (κ3) is 4.22. The van der Waals surface area contributed by atoms with Crippen LogP contribution in [0.25, 0.3) is 6.08 Å². The van der Waals surface area contributed by atoms with Crippen LogP contribution in [0.5, 0.6) is 0 Å². The number of carbonyl (C=O) groups excluding carboxylic acids is 1. The molecule has 21 heavy (non-hydrogen) atoms. The second kappa shape index (κ2) is 7.48. The summed E-state index contributed by atoms with van der Waals surface area (Å²) >= 11 is 1.78. The zero-order valence-corrected chi connectivity index (χ0v) is 13.4. The maximum atomic E-state index is 11.4. The molecule has 2 unspecified atom stereocenters. The Morgan fingerprint density at radius 1 is 1.48 bits per heavy atom. The van der Waals surface area contributed by atoms with Crippen molar-refractivity contribution in [1.29, 1.82) is 0 Å². The summed E-state index contributed by atoms with van der Waals surface area (Å²) in [6.45, 7) is 7.99. The molecule has 2 rings (SSSR count). The van der Waals surface area contributed by atoms with Gasteiger partial charge in [-0.1, -0.05) is 42.8 Å². The number of hydrogen-bond donors (Lipinski definition) is 2. The van der Waals surface area contributed by atoms with Crippen molar-refractivity contribution in [2.24, 2.45) is 5.92 Å². The predicted molar refractivity (Wildman–Crippen MR) is 89.9 cm³/mol. The normalized spacial score (nSPS) is 22.8. The maximum Gasteiger partial charge on any atom is 0.234 e.